The van der Waals surface area contributed by atoms with Crippen molar-refractivity contribution in [2.24, 2.45) is 5.92 Å². The van der Waals surface area contributed by atoms with Crippen molar-refractivity contribution in [3.63, 3.8) is 0 Å². The number of rotatable bonds is 12. The van der Waals surface area contributed by atoms with Gasteiger partial charge in [0.1, 0.15) is 0 Å². The van der Waals surface area contributed by atoms with Crippen molar-refractivity contribution < 1.29 is 13.2 Å². The van der Waals surface area contributed by atoms with Crippen molar-refractivity contribution in [1.29, 1.82) is 0 Å². The molecule has 2 aliphatic rings. The molecule has 2 N–H and O–H groups in total. The van der Waals surface area contributed by atoms with E-state index in [-0.39, 0.29) is 4.90 Å². The van der Waals surface area contributed by atoms with Crippen molar-refractivity contribution in [1.82, 2.24) is 14.5 Å². The minimum absolute atomic E-state index is 0.0812. The first kappa shape index (κ1) is 34.7. The number of piperazine rings is 1. The van der Waals surface area contributed by atoms with Crippen molar-refractivity contribution >= 4 is 27.3 Å². The van der Waals surface area contributed by atoms with Gasteiger partial charge in [0.2, 0.25) is 0 Å². The largest absolute Gasteiger partial charge is 0.385 e. The molecule has 258 valence electrons. The van der Waals surface area contributed by atoms with Crippen LogP contribution in [0.25, 0.3) is 11.1 Å². The normalized spacial score (nSPS) is 16.4. The number of nitrogens with zero attached hydrogens (tertiary/aromatic N) is 3. The molecule has 0 aliphatic carbocycles. The molecule has 2 aliphatic heterocycles. The fraction of sp³-hybridized carbons (Fsp3) is 0.375. The van der Waals surface area contributed by atoms with Gasteiger partial charge < -0.3 is 15.1 Å². The molecule has 0 unspecified atom stereocenters. The monoisotopic (exact) mass is 679 g/mol. The van der Waals surface area contributed by atoms with E-state index < -0.39 is 15.9 Å². The number of hydrogen-bond donors (Lipinski definition) is 2. The van der Waals surface area contributed by atoms with E-state index in [1.165, 1.54) is 42.5 Å². The topological polar surface area (TPSA) is 85.0 Å². The van der Waals surface area contributed by atoms with E-state index in [0.29, 0.717) is 11.5 Å². The molecule has 1 amide bonds. The van der Waals surface area contributed by atoms with E-state index in [9.17, 15) is 13.2 Å². The highest BCUT2D eigenvalue weighted by atomic mass is 32.2. The Morgan fingerprint density at radius 1 is 0.796 bits per heavy atom. The number of hydrogen-bond acceptors (Lipinski definition) is 7. The van der Waals surface area contributed by atoms with E-state index >= 15 is 0 Å². The first-order valence-corrected chi connectivity index (χ1v) is 19.1. The summed E-state index contributed by atoms with van der Waals surface area (Å²) in [5.74, 6) is -0.0257. The first-order valence-electron chi connectivity index (χ1n) is 17.6. The Kier molecular flexibility index (Phi) is 11.3. The third kappa shape index (κ3) is 8.90. The zero-order chi connectivity index (χ0) is 34.2. The Balaban J connectivity index is 0.992. The summed E-state index contributed by atoms with van der Waals surface area (Å²) in [6.45, 7) is 12.9. The lowest BCUT2D eigenvalue weighted by Crippen LogP contribution is -2.46. The number of carbonyl (C=O) groups excluding carboxylic acids is 1. The number of aryl methyl sites for hydroxylation is 1. The Morgan fingerprint density at radius 3 is 2.18 bits per heavy atom. The maximum Gasteiger partial charge on any atom is 0.264 e. The molecule has 2 fully saturated rings. The van der Waals surface area contributed by atoms with Crippen LogP contribution in [0.15, 0.2) is 102 Å². The van der Waals surface area contributed by atoms with Gasteiger partial charge >= 0.3 is 0 Å². The highest BCUT2D eigenvalue weighted by Gasteiger charge is 2.23. The third-order valence-corrected chi connectivity index (χ3v) is 11.3. The first-order chi connectivity index (χ1) is 23.8. The summed E-state index contributed by atoms with van der Waals surface area (Å²) in [5, 5.41) is 3.52. The Bertz CT molecular complexity index is 1800. The molecule has 2 heterocycles. The second kappa shape index (κ2) is 16.0. The predicted molar refractivity (Wildman–Crippen MR) is 200 cm³/mol. The van der Waals surface area contributed by atoms with E-state index in [4.69, 9.17) is 0 Å². The SMILES string of the molecule is CCCN1CCC(CNc2ccc(S(=O)(=O)NC(=O)c3ccc(N4CCN(Cc5ccccc5-c5ccccc5)CC4)cc3)cc2C)CC1. The van der Waals surface area contributed by atoms with Crippen LogP contribution in [-0.4, -0.2) is 76.5 Å². The van der Waals surface area contributed by atoms with Crippen LogP contribution in [0.1, 0.15) is 47.7 Å². The second-order valence-electron chi connectivity index (χ2n) is 13.4. The molecule has 0 atom stereocenters. The van der Waals surface area contributed by atoms with Gasteiger partial charge in [-0.1, -0.05) is 61.5 Å². The summed E-state index contributed by atoms with van der Waals surface area (Å²) >= 11 is 0. The number of anilines is 2. The van der Waals surface area contributed by atoms with Crippen LogP contribution < -0.4 is 14.9 Å². The molecule has 8 nitrogen and oxygen atoms in total. The third-order valence-electron chi connectivity index (χ3n) is 9.93. The van der Waals surface area contributed by atoms with E-state index in [1.807, 2.05) is 25.1 Å². The quantitative estimate of drug-likeness (QED) is 0.174. The number of nitrogens with one attached hydrogen (secondary N) is 2. The smallest absolute Gasteiger partial charge is 0.264 e. The number of carbonyl (C=O) groups is 1. The van der Waals surface area contributed by atoms with Crippen LogP contribution in [0.5, 0.6) is 0 Å². The zero-order valence-corrected chi connectivity index (χ0v) is 29.6. The number of piperidine rings is 1. The molecule has 4 aromatic carbocycles. The summed E-state index contributed by atoms with van der Waals surface area (Å²) in [4.78, 5) is 20.4. The van der Waals surface area contributed by atoms with Gasteiger partial charge in [-0.15, -0.1) is 0 Å². The van der Waals surface area contributed by atoms with Crippen molar-refractivity contribution in [2.75, 3.05) is 62.6 Å². The van der Waals surface area contributed by atoms with Crippen LogP contribution in [0.3, 0.4) is 0 Å². The van der Waals surface area contributed by atoms with Crippen LogP contribution in [-0.2, 0) is 16.6 Å². The Hall–Kier alpha value is -4.18. The number of sulfonamides is 1. The minimum atomic E-state index is -4.03. The standard InChI is InChI=1S/C40H49N5O3S/c1-3-21-43-22-19-32(20-23-43)29-41-39-18-17-37(28-31(39)2)49(47,48)42-40(46)34-13-15-36(16-14-34)45-26-24-44(25-27-45)30-35-11-7-8-12-38(35)33-9-5-4-6-10-33/h4-18,28,32,41H,3,19-27,29-30H2,1-2H3,(H,42,46). The van der Waals surface area contributed by atoms with Gasteiger partial charge in [0.15, 0.2) is 0 Å². The molecule has 9 heteroatoms. The summed E-state index contributed by atoms with van der Waals surface area (Å²) in [7, 11) is -4.03. The van der Waals surface area contributed by atoms with Crippen LogP contribution in [0.4, 0.5) is 11.4 Å². The second-order valence-corrected chi connectivity index (χ2v) is 15.1. The molecule has 0 bridgehead atoms. The van der Waals surface area contributed by atoms with E-state index in [1.54, 1.807) is 30.3 Å². The van der Waals surface area contributed by atoms with Crippen molar-refractivity contribution in [3.8, 4) is 11.1 Å². The van der Waals surface area contributed by atoms with Crippen molar-refractivity contribution in [2.45, 2.75) is 44.6 Å². The van der Waals surface area contributed by atoms with Crippen LogP contribution in [0.2, 0.25) is 0 Å². The lowest BCUT2D eigenvalue weighted by atomic mass is 9.96. The number of amides is 1. The lowest BCUT2D eigenvalue weighted by molar-refractivity contribution is 0.0981. The Labute approximate surface area is 292 Å². The van der Waals surface area contributed by atoms with Crippen LogP contribution >= 0.6 is 0 Å². The van der Waals surface area contributed by atoms with Gasteiger partial charge in [-0.05, 0) is 116 Å². The summed E-state index contributed by atoms with van der Waals surface area (Å²) in [5.41, 5.74) is 6.92. The maximum atomic E-state index is 13.2. The summed E-state index contributed by atoms with van der Waals surface area (Å²) < 4.78 is 28.6. The van der Waals surface area contributed by atoms with Crippen molar-refractivity contribution in [3.05, 3.63) is 114 Å². The number of benzene rings is 4. The molecule has 0 spiro atoms. The zero-order valence-electron chi connectivity index (χ0n) is 28.8. The molecule has 0 radical (unpaired) electrons. The maximum absolute atomic E-state index is 13.2. The lowest BCUT2D eigenvalue weighted by Gasteiger charge is -2.36. The molecule has 2 saturated heterocycles. The van der Waals surface area contributed by atoms with Gasteiger partial charge in [-0.25, -0.2) is 13.1 Å². The highest BCUT2D eigenvalue weighted by molar-refractivity contribution is 7.90. The fourth-order valence-corrected chi connectivity index (χ4v) is 8.07. The molecular weight excluding hydrogens is 631 g/mol. The average Bonchev–Trinajstić information content (AvgIpc) is 3.13. The molecule has 0 aromatic heterocycles. The molecule has 49 heavy (non-hydrogen) atoms. The summed E-state index contributed by atoms with van der Waals surface area (Å²) in [6, 6.07) is 31.3. The highest BCUT2D eigenvalue weighted by Crippen LogP contribution is 2.26. The molecule has 0 saturated carbocycles. The molecule has 6 rings (SSSR count). The average molecular weight is 680 g/mol. The minimum Gasteiger partial charge on any atom is -0.385 e. The van der Waals surface area contributed by atoms with Gasteiger partial charge in [0.05, 0.1) is 4.90 Å². The van der Waals surface area contributed by atoms with Gasteiger partial charge in [0.25, 0.3) is 15.9 Å². The van der Waals surface area contributed by atoms with Crippen LogP contribution in [0, 0.1) is 12.8 Å². The van der Waals surface area contributed by atoms with Gasteiger partial charge in [0, 0.05) is 56.2 Å². The van der Waals surface area contributed by atoms with Gasteiger partial charge in [-0.2, -0.15) is 0 Å². The fourth-order valence-electron chi connectivity index (χ4n) is 7.01. The van der Waals surface area contributed by atoms with E-state index in [2.05, 4.69) is 80.2 Å². The molecule has 4 aromatic rings. The molecular formula is C40H49N5O3S. The Morgan fingerprint density at radius 2 is 1.49 bits per heavy atom. The van der Waals surface area contributed by atoms with E-state index in [0.717, 1.165) is 69.3 Å². The number of likely N-dealkylation sites (tertiary alicyclic amines) is 1. The summed E-state index contributed by atoms with van der Waals surface area (Å²) in [6.07, 6.45) is 3.54. The van der Waals surface area contributed by atoms with Gasteiger partial charge in [-0.3, -0.25) is 9.69 Å². The predicted octanol–water partition coefficient (Wildman–Crippen LogP) is 6.64.